The molecule has 1 atom stereocenters. The van der Waals surface area contributed by atoms with Gasteiger partial charge in [0.1, 0.15) is 11.8 Å². The van der Waals surface area contributed by atoms with E-state index in [0.717, 1.165) is 16.7 Å². The van der Waals surface area contributed by atoms with E-state index in [0.29, 0.717) is 17.1 Å². The van der Waals surface area contributed by atoms with Gasteiger partial charge in [-0.2, -0.15) is 5.10 Å². The second-order valence-electron chi connectivity index (χ2n) is 6.71. The Morgan fingerprint density at radius 1 is 1.07 bits per heavy atom. The highest BCUT2D eigenvalue weighted by Gasteiger charge is 2.18. The number of rotatable bonds is 5. The molecular weight excluding hydrogens is 354 g/mol. The predicted octanol–water partition coefficient (Wildman–Crippen LogP) is 3.74. The molecule has 3 aromatic rings. The molecule has 3 rings (SSSR count). The summed E-state index contributed by atoms with van der Waals surface area (Å²) in [7, 11) is 1.58. The van der Waals surface area contributed by atoms with Gasteiger partial charge in [-0.15, -0.1) is 0 Å². The monoisotopic (exact) mass is 377 g/mol. The molecule has 0 radical (unpaired) electrons. The zero-order valence-electron chi connectivity index (χ0n) is 16.4. The Bertz CT molecular complexity index is 1060. The third-order valence-electron chi connectivity index (χ3n) is 4.60. The van der Waals surface area contributed by atoms with Gasteiger partial charge in [0.25, 0.3) is 5.56 Å². The Balaban J connectivity index is 1.88. The number of benzene rings is 2. The van der Waals surface area contributed by atoms with Crippen LogP contribution < -0.4 is 15.6 Å². The predicted molar refractivity (Wildman–Crippen MR) is 110 cm³/mol. The third kappa shape index (κ3) is 4.11. The van der Waals surface area contributed by atoms with E-state index in [1.807, 2.05) is 32.0 Å². The number of carbonyl (C=O) groups is 1. The second kappa shape index (κ2) is 8.08. The summed E-state index contributed by atoms with van der Waals surface area (Å²) in [5, 5.41) is 7.26. The minimum Gasteiger partial charge on any atom is -0.497 e. The van der Waals surface area contributed by atoms with Crippen molar-refractivity contribution in [3.63, 3.8) is 0 Å². The van der Waals surface area contributed by atoms with Crippen molar-refractivity contribution in [1.82, 2.24) is 9.78 Å². The van der Waals surface area contributed by atoms with Crippen LogP contribution in [0.5, 0.6) is 5.75 Å². The number of aromatic nitrogens is 2. The lowest BCUT2D eigenvalue weighted by molar-refractivity contribution is -0.119. The lowest BCUT2D eigenvalue weighted by Gasteiger charge is -2.16. The number of anilines is 1. The average Bonchev–Trinajstić information content (AvgIpc) is 2.70. The van der Waals surface area contributed by atoms with Crippen LogP contribution in [0, 0.1) is 13.8 Å². The summed E-state index contributed by atoms with van der Waals surface area (Å²) in [6.07, 6.45) is 0. The molecule has 1 N–H and O–H groups in total. The first-order valence-corrected chi connectivity index (χ1v) is 9.01. The number of hydrogen-bond donors (Lipinski definition) is 1. The van der Waals surface area contributed by atoms with Crippen molar-refractivity contribution in [3.05, 3.63) is 76.1 Å². The number of hydrogen-bond acceptors (Lipinski definition) is 4. The fourth-order valence-corrected chi connectivity index (χ4v) is 2.89. The Kier molecular flexibility index (Phi) is 5.59. The van der Waals surface area contributed by atoms with Gasteiger partial charge in [0.15, 0.2) is 0 Å². The van der Waals surface area contributed by atoms with Crippen molar-refractivity contribution < 1.29 is 9.53 Å². The number of carbonyl (C=O) groups excluding carboxylic acids is 1. The van der Waals surface area contributed by atoms with Crippen molar-refractivity contribution in [1.29, 1.82) is 0 Å². The summed E-state index contributed by atoms with van der Waals surface area (Å²) < 4.78 is 6.33. The fourth-order valence-electron chi connectivity index (χ4n) is 2.89. The number of nitrogens with one attached hydrogen (secondary N) is 1. The zero-order valence-corrected chi connectivity index (χ0v) is 16.4. The first kappa shape index (κ1) is 19.4. The number of aryl methyl sites for hydroxylation is 2. The van der Waals surface area contributed by atoms with Crippen LogP contribution in [-0.2, 0) is 4.79 Å². The van der Waals surface area contributed by atoms with E-state index in [2.05, 4.69) is 10.4 Å². The van der Waals surface area contributed by atoms with E-state index in [4.69, 9.17) is 4.74 Å². The molecule has 28 heavy (non-hydrogen) atoms. The molecule has 1 aromatic heterocycles. The van der Waals surface area contributed by atoms with Crippen molar-refractivity contribution in [3.8, 4) is 17.0 Å². The minimum atomic E-state index is -0.764. The molecule has 0 spiro atoms. The van der Waals surface area contributed by atoms with Crippen LogP contribution in [-0.4, -0.2) is 22.8 Å². The molecule has 6 nitrogen and oxygen atoms in total. The molecule has 1 amide bonds. The molecule has 0 aliphatic carbocycles. The first-order valence-electron chi connectivity index (χ1n) is 9.01. The van der Waals surface area contributed by atoms with Crippen LogP contribution in [0.25, 0.3) is 11.3 Å². The molecule has 0 aliphatic heterocycles. The highest BCUT2D eigenvalue weighted by Crippen LogP contribution is 2.22. The highest BCUT2D eigenvalue weighted by molar-refractivity contribution is 5.93. The van der Waals surface area contributed by atoms with Crippen LogP contribution in [0.15, 0.2) is 59.4 Å². The molecule has 0 saturated heterocycles. The maximum Gasteiger partial charge on any atom is 0.267 e. The van der Waals surface area contributed by atoms with E-state index in [1.54, 1.807) is 44.4 Å². The van der Waals surface area contributed by atoms with E-state index in [-0.39, 0.29) is 11.5 Å². The number of amides is 1. The van der Waals surface area contributed by atoms with Gasteiger partial charge in [-0.05, 0) is 62.7 Å². The molecule has 2 aromatic carbocycles. The molecule has 0 saturated carbocycles. The maximum atomic E-state index is 12.6. The van der Waals surface area contributed by atoms with Crippen molar-refractivity contribution in [2.75, 3.05) is 12.4 Å². The summed E-state index contributed by atoms with van der Waals surface area (Å²) in [5.74, 6) is 0.378. The third-order valence-corrected chi connectivity index (χ3v) is 4.60. The van der Waals surface area contributed by atoms with Gasteiger partial charge in [0.2, 0.25) is 5.91 Å². The van der Waals surface area contributed by atoms with Crippen LogP contribution in [0.3, 0.4) is 0 Å². The van der Waals surface area contributed by atoms with Gasteiger partial charge in [-0.1, -0.05) is 17.7 Å². The van der Waals surface area contributed by atoms with Crippen LogP contribution in [0.4, 0.5) is 5.69 Å². The maximum absolute atomic E-state index is 12.6. The van der Waals surface area contributed by atoms with Crippen LogP contribution in [0.1, 0.15) is 24.1 Å². The smallest absolute Gasteiger partial charge is 0.267 e. The lowest BCUT2D eigenvalue weighted by atomic mass is 10.0. The Labute approximate surface area is 163 Å². The summed E-state index contributed by atoms with van der Waals surface area (Å²) in [6, 6.07) is 15.4. The molecule has 6 heteroatoms. The summed E-state index contributed by atoms with van der Waals surface area (Å²) in [4.78, 5) is 25.0. The summed E-state index contributed by atoms with van der Waals surface area (Å²) in [5.41, 5.74) is 4.05. The van der Waals surface area contributed by atoms with Gasteiger partial charge >= 0.3 is 0 Å². The standard InChI is InChI=1S/C22H23N3O3/c1-14-5-6-15(2)19(13-14)20-11-12-21(26)25(24-20)16(3)22(27)23-17-7-9-18(28-4)10-8-17/h5-13,16H,1-4H3,(H,23,27)/t16-/m1/s1. The average molecular weight is 377 g/mol. The lowest BCUT2D eigenvalue weighted by Crippen LogP contribution is -2.33. The quantitative estimate of drug-likeness (QED) is 0.735. The second-order valence-corrected chi connectivity index (χ2v) is 6.71. The van der Waals surface area contributed by atoms with Crippen molar-refractivity contribution in [2.45, 2.75) is 26.8 Å². The fraction of sp³-hybridized carbons (Fsp3) is 0.227. The van der Waals surface area contributed by atoms with Gasteiger partial charge in [0, 0.05) is 17.3 Å². The van der Waals surface area contributed by atoms with Gasteiger partial charge in [0.05, 0.1) is 12.8 Å². The Hall–Kier alpha value is -3.41. The van der Waals surface area contributed by atoms with Crippen LogP contribution in [0.2, 0.25) is 0 Å². The van der Waals surface area contributed by atoms with Gasteiger partial charge < -0.3 is 10.1 Å². The summed E-state index contributed by atoms with van der Waals surface area (Å²) >= 11 is 0. The number of nitrogens with zero attached hydrogens (tertiary/aromatic N) is 2. The normalized spacial score (nSPS) is 11.7. The topological polar surface area (TPSA) is 73.2 Å². The van der Waals surface area contributed by atoms with Gasteiger partial charge in [-0.25, -0.2) is 4.68 Å². The Morgan fingerprint density at radius 3 is 2.46 bits per heavy atom. The Morgan fingerprint density at radius 2 is 1.79 bits per heavy atom. The van der Waals surface area contributed by atoms with E-state index in [1.165, 1.54) is 10.7 Å². The molecule has 0 bridgehead atoms. The number of ether oxygens (including phenoxy) is 1. The molecule has 144 valence electrons. The summed E-state index contributed by atoms with van der Waals surface area (Å²) in [6.45, 7) is 5.65. The van der Waals surface area contributed by atoms with E-state index in [9.17, 15) is 9.59 Å². The van der Waals surface area contributed by atoms with Crippen molar-refractivity contribution >= 4 is 11.6 Å². The van der Waals surface area contributed by atoms with Crippen molar-refractivity contribution in [2.24, 2.45) is 0 Å². The molecular formula is C22H23N3O3. The van der Waals surface area contributed by atoms with E-state index >= 15 is 0 Å². The largest absolute Gasteiger partial charge is 0.497 e. The number of methoxy groups -OCH3 is 1. The van der Waals surface area contributed by atoms with Crippen LogP contribution >= 0.6 is 0 Å². The molecule has 0 unspecified atom stereocenters. The van der Waals surface area contributed by atoms with E-state index < -0.39 is 6.04 Å². The zero-order chi connectivity index (χ0) is 20.3. The van der Waals surface area contributed by atoms with Gasteiger partial charge in [-0.3, -0.25) is 9.59 Å². The highest BCUT2D eigenvalue weighted by atomic mass is 16.5. The minimum absolute atomic E-state index is 0.321. The molecule has 0 aliphatic rings. The molecule has 1 heterocycles. The molecule has 0 fully saturated rings. The SMILES string of the molecule is COc1ccc(NC(=O)[C@@H](C)n2nc(-c3cc(C)ccc3C)ccc2=O)cc1. The first-order chi connectivity index (χ1) is 13.4.